The molecule has 0 unspecified atom stereocenters. The molecule has 0 nitrogen and oxygen atoms in total. The third kappa shape index (κ3) is 2.96. The quantitative estimate of drug-likeness (QED) is 0.522. The highest BCUT2D eigenvalue weighted by Gasteiger charge is 2.05. The SMILES string of the molecule is Cc1ccc(-c2cc(C)cc(-c3ccc(C)c(C)c3)c2)cc1. The van der Waals surface area contributed by atoms with Crippen molar-refractivity contribution in [3.8, 4) is 22.3 Å². The van der Waals surface area contributed by atoms with Crippen molar-refractivity contribution in [2.24, 2.45) is 0 Å². The van der Waals surface area contributed by atoms with E-state index in [2.05, 4.69) is 88.4 Å². The van der Waals surface area contributed by atoms with Crippen molar-refractivity contribution in [3.05, 3.63) is 82.9 Å². The molecule has 0 atom stereocenters. The van der Waals surface area contributed by atoms with E-state index in [0.29, 0.717) is 0 Å². The van der Waals surface area contributed by atoms with Crippen molar-refractivity contribution in [3.63, 3.8) is 0 Å². The van der Waals surface area contributed by atoms with Crippen molar-refractivity contribution in [1.82, 2.24) is 0 Å². The summed E-state index contributed by atoms with van der Waals surface area (Å²) in [5, 5.41) is 0. The molecule has 0 heterocycles. The second-order valence-electron chi connectivity index (χ2n) is 6.25. The van der Waals surface area contributed by atoms with E-state index in [1.807, 2.05) is 0 Å². The van der Waals surface area contributed by atoms with Crippen LogP contribution in [0.4, 0.5) is 0 Å². The summed E-state index contributed by atoms with van der Waals surface area (Å²) in [6.07, 6.45) is 0. The molecule has 3 aromatic rings. The van der Waals surface area contributed by atoms with Crippen molar-refractivity contribution in [1.29, 1.82) is 0 Å². The van der Waals surface area contributed by atoms with Gasteiger partial charge in [0, 0.05) is 0 Å². The lowest BCUT2D eigenvalue weighted by atomic mass is 9.94. The van der Waals surface area contributed by atoms with Crippen molar-refractivity contribution < 1.29 is 0 Å². The molecule has 0 N–H and O–H groups in total. The lowest BCUT2D eigenvalue weighted by molar-refractivity contribution is 1.34. The summed E-state index contributed by atoms with van der Waals surface area (Å²) in [5.41, 5.74) is 10.4. The van der Waals surface area contributed by atoms with Gasteiger partial charge in [0.05, 0.1) is 0 Å². The molecule has 110 valence electrons. The van der Waals surface area contributed by atoms with E-state index in [-0.39, 0.29) is 0 Å². The Bertz CT molecular complexity index is 808. The van der Waals surface area contributed by atoms with Gasteiger partial charge in [-0.3, -0.25) is 0 Å². The first-order chi connectivity index (χ1) is 10.5. The smallest absolute Gasteiger partial charge is 0.0175 e. The normalized spacial score (nSPS) is 10.7. The average molecular weight is 286 g/mol. The van der Waals surface area contributed by atoms with Gasteiger partial charge >= 0.3 is 0 Å². The standard InChI is InChI=1S/C22H22/c1-15-5-8-19(9-6-15)21-11-16(2)12-22(14-21)20-10-7-17(3)18(4)13-20/h5-14H,1-4H3. The Hall–Kier alpha value is -2.34. The van der Waals surface area contributed by atoms with Crippen LogP contribution in [0.25, 0.3) is 22.3 Å². The minimum Gasteiger partial charge on any atom is -0.0587 e. The molecule has 0 fully saturated rings. The summed E-state index contributed by atoms with van der Waals surface area (Å²) in [4.78, 5) is 0. The molecule has 0 radical (unpaired) electrons. The molecule has 3 rings (SSSR count). The first-order valence-electron chi connectivity index (χ1n) is 7.79. The zero-order chi connectivity index (χ0) is 15.7. The monoisotopic (exact) mass is 286 g/mol. The van der Waals surface area contributed by atoms with Gasteiger partial charge in [0.2, 0.25) is 0 Å². The summed E-state index contributed by atoms with van der Waals surface area (Å²) in [7, 11) is 0. The topological polar surface area (TPSA) is 0 Å². The highest BCUT2D eigenvalue weighted by Crippen LogP contribution is 2.29. The number of benzene rings is 3. The van der Waals surface area contributed by atoms with Gasteiger partial charge in [-0.2, -0.15) is 0 Å². The van der Waals surface area contributed by atoms with Crippen LogP contribution in [0.5, 0.6) is 0 Å². The Morgan fingerprint density at radius 1 is 0.409 bits per heavy atom. The number of aryl methyl sites for hydroxylation is 4. The average Bonchev–Trinajstić information content (AvgIpc) is 2.50. The summed E-state index contributed by atoms with van der Waals surface area (Å²) >= 11 is 0. The van der Waals surface area contributed by atoms with Crippen LogP contribution in [0, 0.1) is 27.7 Å². The van der Waals surface area contributed by atoms with Gasteiger partial charge in [0.1, 0.15) is 0 Å². The van der Waals surface area contributed by atoms with E-state index in [4.69, 9.17) is 0 Å². The zero-order valence-corrected chi connectivity index (χ0v) is 13.8. The molecular weight excluding hydrogens is 264 g/mol. The van der Waals surface area contributed by atoms with E-state index in [9.17, 15) is 0 Å². The van der Waals surface area contributed by atoms with Crippen LogP contribution in [-0.4, -0.2) is 0 Å². The predicted octanol–water partition coefficient (Wildman–Crippen LogP) is 6.25. The van der Waals surface area contributed by atoms with Gasteiger partial charge in [-0.05, 0) is 72.7 Å². The number of rotatable bonds is 2. The molecule has 0 saturated heterocycles. The van der Waals surface area contributed by atoms with Gasteiger partial charge < -0.3 is 0 Å². The molecule has 22 heavy (non-hydrogen) atoms. The van der Waals surface area contributed by atoms with Crippen LogP contribution in [0.3, 0.4) is 0 Å². The molecule has 0 aromatic heterocycles. The van der Waals surface area contributed by atoms with Crippen LogP contribution in [0.2, 0.25) is 0 Å². The summed E-state index contributed by atoms with van der Waals surface area (Å²) in [6, 6.07) is 22.3. The Morgan fingerprint density at radius 3 is 1.64 bits per heavy atom. The van der Waals surface area contributed by atoms with Crippen molar-refractivity contribution in [2.45, 2.75) is 27.7 Å². The van der Waals surface area contributed by atoms with E-state index in [1.54, 1.807) is 0 Å². The van der Waals surface area contributed by atoms with Crippen LogP contribution in [-0.2, 0) is 0 Å². The molecule has 0 spiro atoms. The Labute approximate surface area is 133 Å². The molecule has 0 saturated carbocycles. The lowest BCUT2D eigenvalue weighted by Gasteiger charge is -2.10. The van der Waals surface area contributed by atoms with Crippen LogP contribution < -0.4 is 0 Å². The predicted molar refractivity (Wildman–Crippen MR) is 96.3 cm³/mol. The highest BCUT2D eigenvalue weighted by atomic mass is 14.1. The minimum atomic E-state index is 1.28. The van der Waals surface area contributed by atoms with Gasteiger partial charge in [0.15, 0.2) is 0 Å². The van der Waals surface area contributed by atoms with E-state index >= 15 is 0 Å². The molecular formula is C22H22. The van der Waals surface area contributed by atoms with Crippen LogP contribution >= 0.6 is 0 Å². The molecule has 0 aliphatic carbocycles. The van der Waals surface area contributed by atoms with Crippen LogP contribution in [0.1, 0.15) is 22.3 Å². The second kappa shape index (κ2) is 5.81. The third-order valence-electron chi connectivity index (χ3n) is 4.30. The van der Waals surface area contributed by atoms with Crippen molar-refractivity contribution >= 4 is 0 Å². The Balaban J connectivity index is 2.09. The second-order valence-corrected chi connectivity index (χ2v) is 6.25. The largest absolute Gasteiger partial charge is 0.0587 e. The van der Waals surface area contributed by atoms with Gasteiger partial charge in [-0.25, -0.2) is 0 Å². The molecule has 0 heteroatoms. The lowest BCUT2D eigenvalue weighted by Crippen LogP contribution is -1.87. The van der Waals surface area contributed by atoms with Crippen molar-refractivity contribution in [2.75, 3.05) is 0 Å². The Kier molecular flexibility index (Phi) is 3.85. The maximum Gasteiger partial charge on any atom is -0.0175 e. The fraction of sp³-hybridized carbons (Fsp3) is 0.182. The first-order valence-corrected chi connectivity index (χ1v) is 7.79. The summed E-state index contributed by atoms with van der Waals surface area (Å²) < 4.78 is 0. The highest BCUT2D eigenvalue weighted by molar-refractivity contribution is 5.74. The van der Waals surface area contributed by atoms with Gasteiger partial charge in [-0.15, -0.1) is 0 Å². The fourth-order valence-electron chi connectivity index (χ4n) is 2.78. The Morgan fingerprint density at radius 2 is 1.00 bits per heavy atom. The third-order valence-corrected chi connectivity index (χ3v) is 4.30. The summed E-state index contributed by atoms with van der Waals surface area (Å²) in [6.45, 7) is 8.63. The maximum absolute atomic E-state index is 2.29. The summed E-state index contributed by atoms with van der Waals surface area (Å²) in [5.74, 6) is 0. The maximum atomic E-state index is 2.29. The van der Waals surface area contributed by atoms with E-state index in [1.165, 1.54) is 44.5 Å². The number of hydrogen-bond donors (Lipinski definition) is 0. The van der Waals surface area contributed by atoms with Gasteiger partial charge in [-0.1, -0.05) is 60.2 Å². The molecule has 0 bridgehead atoms. The number of hydrogen-bond acceptors (Lipinski definition) is 0. The van der Waals surface area contributed by atoms with Gasteiger partial charge in [0.25, 0.3) is 0 Å². The zero-order valence-electron chi connectivity index (χ0n) is 13.8. The minimum absolute atomic E-state index is 1.28. The first kappa shape index (κ1) is 14.6. The van der Waals surface area contributed by atoms with E-state index < -0.39 is 0 Å². The molecule has 0 aliphatic heterocycles. The molecule has 0 aliphatic rings. The van der Waals surface area contributed by atoms with Crippen LogP contribution in [0.15, 0.2) is 60.7 Å². The molecule has 3 aromatic carbocycles. The fourth-order valence-corrected chi connectivity index (χ4v) is 2.78. The van der Waals surface area contributed by atoms with E-state index in [0.717, 1.165) is 0 Å². The molecule has 0 amide bonds.